The van der Waals surface area contributed by atoms with Crippen molar-refractivity contribution in [3.05, 3.63) is 76.2 Å². The quantitative estimate of drug-likeness (QED) is 0.348. The molecule has 1 heterocycles. The molecule has 3 aromatic rings. The average Bonchev–Trinajstić information content (AvgIpc) is 3.21. The van der Waals surface area contributed by atoms with E-state index in [1.807, 2.05) is 42.5 Å². The summed E-state index contributed by atoms with van der Waals surface area (Å²) >= 11 is 1.53. The smallest absolute Gasteiger partial charge is 0.258 e. The van der Waals surface area contributed by atoms with E-state index in [1.165, 1.54) is 16.2 Å². The zero-order valence-corrected chi connectivity index (χ0v) is 19.8. The molecule has 6 heteroatoms. The first kappa shape index (κ1) is 23.1. The summed E-state index contributed by atoms with van der Waals surface area (Å²) in [6.07, 6.45) is 7.33. The number of carbonyl (C=O) groups excluding carboxylic acids is 2. The summed E-state index contributed by atoms with van der Waals surface area (Å²) in [7, 11) is 0. The van der Waals surface area contributed by atoms with Gasteiger partial charge >= 0.3 is 0 Å². The van der Waals surface area contributed by atoms with Gasteiger partial charge in [0.05, 0.1) is 12.2 Å². The van der Waals surface area contributed by atoms with Crippen LogP contribution >= 0.6 is 11.3 Å². The number of aryl methyl sites for hydroxylation is 1. The second-order valence-electron chi connectivity index (χ2n) is 8.27. The largest absolute Gasteiger partial charge is 0.494 e. The van der Waals surface area contributed by atoms with E-state index in [1.54, 1.807) is 12.1 Å². The van der Waals surface area contributed by atoms with Crippen molar-refractivity contribution in [3.63, 3.8) is 0 Å². The molecule has 0 saturated heterocycles. The van der Waals surface area contributed by atoms with Gasteiger partial charge in [0, 0.05) is 16.1 Å². The molecular weight excluding hydrogens is 432 g/mol. The lowest BCUT2D eigenvalue weighted by molar-refractivity contribution is 0.102. The second-order valence-corrected chi connectivity index (χ2v) is 9.37. The SMILES string of the molecule is CCCCCOc1ccc(NC(=O)c2c(NC(=O)c3ccccc3)sc3c2CCCC3)cc1. The van der Waals surface area contributed by atoms with Gasteiger partial charge in [-0.15, -0.1) is 11.3 Å². The Balaban J connectivity index is 1.49. The van der Waals surface area contributed by atoms with E-state index in [-0.39, 0.29) is 11.8 Å². The first-order valence-corrected chi connectivity index (χ1v) is 12.5. The van der Waals surface area contributed by atoms with E-state index in [0.717, 1.165) is 56.3 Å². The number of hydrogen-bond acceptors (Lipinski definition) is 4. The number of nitrogens with one attached hydrogen (secondary N) is 2. The molecular formula is C27H30N2O3S. The van der Waals surface area contributed by atoms with Crippen molar-refractivity contribution >= 4 is 33.8 Å². The molecule has 0 aliphatic heterocycles. The number of hydrogen-bond donors (Lipinski definition) is 2. The molecule has 1 aromatic heterocycles. The predicted octanol–water partition coefficient (Wildman–Crippen LogP) is 6.70. The van der Waals surface area contributed by atoms with Gasteiger partial charge in [0.25, 0.3) is 11.8 Å². The molecule has 172 valence electrons. The van der Waals surface area contributed by atoms with Crippen LogP contribution in [0.5, 0.6) is 5.75 Å². The Labute approximate surface area is 199 Å². The standard InChI is InChI=1S/C27H30N2O3S/c1-2-3-9-18-32-21-16-14-20(15-17-21)28-26(31)24-22-12-7-8-13-23(22)33-27(24)29-25(30)19-10-5-4-6-11-19/h4-6,10-11,14-17H,2-3,7-9,12-13,18H2,1H3,(H,28,31)(H,29,30). The summed E-state index contributed by atoms with van der Waals surface area (Å²) < 4.78 is 5.76. The van der Waals surface area contributed by atoms with Gasteiger partial charge in [-0.2, -0.15) is 0 Å². The van der Waals surface area contributed by atoms with Crippen LogP contribution in [0.3, 0.4) is 0 Å². The van der Waals surface area contributed by atoms with Gasteiger partial charge in [-0.25, -0.2) is 0 Å². The average molecular weight is 463 g/mol. The number of benzene rings is 2. The van der Waals surface area contributed by atoms with Crippen molar-refractivity contribution in [3.8, 4) is 5.75 Å². The van der Waals surface area contributed by atoms with Crippen molar-refractivity contribution in [2.75, 3.05) is 17.2 Å². The second kappa shape index (κ2) is 11.1. The fraction of sp³-hybridized carbons (Fsp3) is 0.333. The first-order valence-electron chi connectivity index (χ1n) is 11.7. The third-order valence-corrected chi connectivity index (χ3v) is 7.00. The Morgan fingerprint density at radius 3 is 2.42 bits per heavy atom. The van der Waals surface area contributed by atoms with E-state index in [9.17, 15) is 9.59 Å². The molecule has 0 saturated carbocycles. The Morgan fingerprint density at radius 1 is 0.909 bits per heavy atom. The van der Waals surface area contributed by atoms with Crippen LogP contribution < -0.4 is 15.4 Å². The predicted molar refractivity (Wildman–Crippen MR) is 135 cm³/mol. The van der Waals surface area contributed by atoms with Gasteiger partial charge in [0.15, 0.2) is 0 Å². The molecule has 0 fully saturated rings. The van der Waals surface area contributed by atoms with E-state index in [0.29, 0.717) is 28.4 Å². The minimum absolute atomic E-state index is 0.186. The topological polar surface area (TPSA) is 67.4 Å². The molecule has 0 radical (unpaired) electrons. The summed E-state index contributed by atoms with van der Waals surface area (Å²) in [5.41, 5.74) is 2.95. The molecule has 1 aliphatic rings. The molecule has 2 N–H and O–H groups in total. The number of unbranched alkanes of at least 4 members (excludes halogenated alkanes) is 2. The molecule has 2 aromatic carbocycles. The summed E-state index contributed by atoms with van der Waals surface area (Å²) in [5.74, 6) is 0.412. The number of fused-ring (bicyclic) bond motifs is 1. The van der Waals surface area contributed by atoms with E-state index >= 15 is 0 Å². The van der Waals surface area contributed by atoms with Crippen molar-refractivity contribution in [2.45, 2.75) is 51.9 Å². The third kappa shape index (κ3) is 5.82. The zero-order valence-electron chi connectivity index (χ0n) is 19.0. The molecule has 4 rings (SSSR count). The number of thiophene rings is 1. The molecule has 33 heavy (non-hydrogen) atoms. The summed E-state index contributed by atoms with van der Waals surface area (Å²) in [4.78, 5) is 27.3. The number of ether oxygens (including phenoxy) is 1. The van der Waals surface area contributed by atoms with E-state index in [2.05, 4.69) is 17.6 Å². The summed E-state index contributed by atoms with van der Waals surface area (Å²) in [5, 5.41) is 6.63. The van der Waals surface area contributed by atoms with Gasteiger partial charge in [0.2, 0.25) is 0 Å². The fourth-order valence-electron chi connectivity index (χ4n) is 4.03. The number of anilines is 2. The Bertz CT molecular complexity index is 1090. The lowest BCUT2D eigenvalue weighted by atomic mass is 9.95. The fourth-order valence-corrected chi connectivity index (χ4v) is 5.31. The Hall–Kier alpha value is -3.12. The van der Waals surface area contributed by atoms with Crippen LogP contribution in [0, 0.1) is 0 Å². The van der Waals surface area contributed by atoms with Crippen LogP contribution in [0.4, 0.5) is 10.7 Å². The Kier molecular flexibility index (Phi) is 7.79. The van der Waals surface area contributed by atoms with Gasteiger partial charge in [-0.3, -0.25) is 9.59 Å². The maximum absolute atomic E-state index is 13.3. The monoisotopic (exact) mass is 462 g/mol. The summed E-state index contributed by atoms with van der Waals surface area (Å²) in [6.45, 7) is 2.87. The van der Waals surface area contributed by atoms with Gasteiger partial charge in [-0.1, -0.05) is 38.0 Å². The van der Waals surface area contributed by atoms with Crippen molar-refractivity contribution in [1.82, 2.24) is 0 Å². The number of amides is 2. The highest BCUT2D eigenvalue weighted by atomic mass is 32.1. The molecule has 5 nitrogen and oxygen atoms in total. The van der Waals surface area contributed by atoms with Crippen LogP contribution in [0.1, 0.15) is 70.2 Å². The highest BCUT2D eigenvalue weighted by molar-refractivity contribution is 7.17. The maximum atomic E-state index is 13.3. The zero-order chi connectivity index (χ0) is 23.0. The molecule has 0 unspecified atom stereocenters. The highest BCUT2D eigenvalue weighted by Gasteiger charge is 2.26. The molecule has 2 amide bonds. The third-order valence-electron chi connectivity index (χ3n) is 5.79. The lowest BCUT2D eigenvalue weighted by Gasteiger charge is -2.14. The van der Waals surface area contributed by atoms with Crippen LogP contribution in [-0.2, 0) is 12.8 Å². The normalized spacial score (nSPS) is 12.6. The summed E-state index contributed by atoms with van der Waals surface area (Å²) in [6, 6.07) is 16.6. The van der Waals surface area contributed by atoms with Gasteiger partial charge < -0.3 is 15.4 Å². The van der Waals surface area contributed by atoms with Crippen LogP contribution in [-0.4, -0.2) is 18.4 Å². The van der Waals surface area contributed by atoms with Gasteiger partial charge in [-0.05, 0) is 74.1 Å². The number of carbonyl (C=O) groups is 2. The molecule has 1 aliphatic carbocycles. The lowest BCUT2D eigenvalue weighted by Crippen LogP contribution is -2.18. The maximum Gasteiger partial charge on any atom is 0.258 e. The van der Waals surface area contributed by atoms with E-state index in [4.69, 9.17) is 4.74 Å². The van der Waals surface area contributed by atoms with E-state index < -0.39 is 0 Å². The molecule has 0 bridgehead atoms. The number of rotatable bonds is 9. The first-order chi connectivity index (χ1) is 16.2. The van der Waals surface area contributed by atoms with Gasteiger partial charge in [0.1, 0.15) is 10.8 Å². The minimum Gasteiger partial charge on any atom is -0.494 e. The van der Waals surface area contributed by atoms with Crippen molar-refractivity contribution < 1.29 is 14.3 Å². The minimum atomic E-state index is -0.201. The highest BCUT2D eigenvalue weighted by Crippen LogP contribution is 2.38. The van der Waals surface area contributed by atoms with Crippen molar-refractivity contribution in [1.29, 1.82) is 0 Å². The van der Waals surface area contributed by atoms with Crippen molar-refractivity contribution in [2.24, 2.45) is 0 Å². The van der Waals surface area contributed by atoms with Crippen LogP contribution in [0.2, 0.25) is 0 Å². The molecule has 0 spiro atoms. The Morgan fingerprint density at radius 2 is 1.67 bits per heavy atom. The molecule has 0 atom stereocenters. The van der Waals surface area contributed by atoms with Crippen LogP contribution in [0.25, 0.3) is 0 Å². The van der Waals surface area contributed by atoms with Crippen LogP contribution in [0.15, 0.2) is 54.6 Å².